The van der Waals surface area contributed by atoms with Crippen LogP contribution in [0.25, 0.3) is 0 Å². The highest BCUT2D eigenvalue weighted by Crippen LogP contribution is 2.12. The molecular formula is C14H17N3O. The molecule has 0 spiro atoms. The molecule has 1 aromatic carbocycles. The number of aromatic nitrogens is 2. The van der Waals surface area contributed by atoms with Gasteiger partial charge in [0, 0.05) is 6.20 Å². The van der Waals surface area contributed by atoms with Crippen LogP contribution in [0.2, 0.25) is 0 Å². The summed E-state index contributed by atoms with van der Waals surface area (Å²) in [5, 5.41) is 3.91. The average molecular weight is 243 g/mol. The van der Waals surface area contributed by atoms with Gasteiger partial charge in [0.25, 0.3) is 0 Å². The second kappa shape index (κ2) is 5.04. The van der Waals surface area contributed by atoms with Crippen LogP contribution in [-0.4, -0.2) is 15.8 Å². The highest BCUT2D eigenvalue weighted by Gasteiger charge is 2.03. The summed E-state index contributed by atoms with van der Waals surface area (Å²) in [6.45, 7) is 4.20. The summed E-state index contributed by atoms with van der Waals surface area (Å²) >= 11 is 0. The van der Waals surface area contributed by atoms with Crippen molar-refractivity contribution in [2.75, 3.05) is 0 Å². The van der Waals surface area contributed by atoms with Gasteiger partial charge in [0.1, 0.15) is 0 Å². The maximum Gasteiger partial charge on any atom is 0.339 e. The fourth-order valence-corrected chi connectivity index (χ4v) is 2.11. The molecule has 0 unspecified atom stereocenters. The molecule has 1 heterocycles. The molecule has 0 bridgehead atoms. The van der Waals surface area contributed by atoms with Crippen LogP contribution >= 0.6 is 0 Å². The summed E-state index contributed by atoms with van der Waals surface area (Å²) < 4.78 is 1.16. The average Bonchev–Trinajstić information content (AvgIpc) is 2.73. The first kappa shape index (κ1) is 12.4. The van der Waals surface area contributed by atoms with E-state index in [1.807, 2.05) is 0 Å². The number of amides is 1. The Kier molecular flexibility index (Phi) is 3.46. The lowest BCUT2D eigenvalue weighted by molar-refractivity contribution is 0.247. The smallest absolute Gasteiger partial charge is 0.339 e. The van der Waals surface area contributed by atoms with Crippen LogP contribution in [0.4, 0.5) is 4.79 Å². The summed E-state index contributed by atoms with van der Waals surface area (Å²) in [5.41, 5.74) is 10.0. The van der Waals surface area contributed by atoms with E-state index in [0.717, 1.165) is 23.1 Å². The van der Waals surface area contributed by atoms with E-state index in [2.05, 4.69) is 37.1 Å². The number of primary amides is 1. The van der Waals surface area contributed by atoms with E-state index in [0.29, 0.717) is 0 Å². The number of hydrogen-bond donors (Lipinski definition) is 1. The first-order valence-corrected chi connectivity index (χ1v) is 5.95. The SMILES string of the molecule is Cc1cc(C)cc(CCc2cnn(C(N)=O)c2)c1. The Bertz CT molecular complexity index is 552. The van der Waals surface area contributed by atoms with Gasteiger partial charge in [0.05, 0.1) is 6.20 Å². The molecule has 1 amide bonds. The predicted molar refractivity (Wildman–Crippen MR) is 70.5 cm³/mol. The second-order valence-corrected chi connectivity index (χ2v) is 4.63. The molecule has 0 saturated heterocycles. The number of hydrogen-bond acceptors (Lipinski definition) is 2. The van der Waals surface area contributed by atoms with Gasteiger partial charge in [-0.05, 0) is 37.8 Å². The Morgan fingerprint density at radius 2 is 1.78 bits per heavy atom. The van der Waals surface area contributed by atoms with E-state index >= 15 is 0 Å². The Balaban J connectivity index is 2.04. The van der Waals surface area contributed by atoms with Gasteiger partial charge in [0.15, 0.2) is 0 Å². The van der Waals surface area contributed by atoms with Crippen LogP contribution in [0, 0.1) is 13.8 Å². The van der Waals surface area contributed by atoms with E-state index in [4.69, 9.17) is 5.73 Å². The highest BCUT2D eigenvalue weighted by atomic mass is 16.2. The van der Waals surface area contributed by atoms with Crippen molar-refractivity contribution in [1.82, 2.24) is 9.78 Å². The number of carbonyl (C=O) groups excluding carboxylic acids is 1. The molecule has 0 aliphatic heterocycles. The number of aryl methyl sites for hydroxylation is 4. The lowest BCUT2D eigenvalue weighted by atomic mass is 10.0. The van der Waals surface area contributed by atoms with Gasteiger partial charge in [0.2, 0.25) is 0 Å². The summed E-state index contributed by atoms with van der Waals surface area (Å²) in [6.07, 6.45) is 5.17. The van der Waals surface area contributed by atoms with Crippen molar-refractivity contribution in [3.8, 4) is 0 Å². The minimum Gasteiger partial charge on any atom is -0.350 e. The van der Waals surface area contributed by atoms with Crippen molar-refractivity contribution >= 4 is 6.03 Å². The third kappa shape index (κ3) is 2.97. The van der Waals surface area contributed by atoms with Crippen molar-refractivity contribution in [3.05, 3.63) is 52.8 Å². The van der Waals surface area contributed by atoms with E-state index in [1.54, 1.807) is 12.4 Å². The van der Waals surface area contributed by atoms with Crippen LogP contribution < -0.4 is 5.73 Å². The summed E-state index contributed by atoms with van der Waals surface area (Å²) in [6, 6.07) is 5.98. The van der Waals surface area contributed by atoms with Crippen LogP contribution in [0.3, 0.4) is 0 Å². The number of nitrogens with zero attached hydrogens (tertiary/aromatic N) is 2. The van der Waals surface area contributed by atoms with E-state index < -0.39 is 6.03 Å². The van der Waals surface area contributed by atoms with Gasteiger partial charge >= 0.3 is 6.03 Å². The molecule has 18 heavy (non-hydrogen) atoms. The van der Waals surface area contributed by atoms with E-state index in [9.17, 15) is 4.79 Å². The number of benzene rings is 1. The third-order valence-corrected chi connectivity index (χ3v) is 2.85. The molecule has 1 aromatic heterocycles. The molecule has 0 atom stereocenters. The minimum atomic E-state index is -0.548. The van der Waals surface area contributed by atoms with Crippen molar-refractivity contribution in [2.24, 2.45) is 5.73 Å². The quantitative estimate of drug-likeness (QED) is 0.898. The van der Waals surface area contributed by atoms with Gasteiger partial charge in [-0.3, -0.25) is 0 Å². The molecule has 0 aliphatic rings. The van der Waals surface area contributed by atoms with Gasteiger partial charge in [-0.25, -0.2) is 4.79 Å². The van der Waals surface area contributed by atoms with Crippen molar-refractivity contribution in [2.45, 2.75) is 26.7 Å². The molecule has 0 saturated carbocycles. The zero-order valence-electron chi connectivity index (χ0n) is 10.7. The minimum absolute atomic E-state index is 0.548. The molecular weight excluding hydrogens is 226 g/mol. The van der Waals surface area contributed by atoms with Crippen LogP contribution in [-0.2, 0) is 12.8 Å². The lowest BCUT2D eigenvalue weighted by Gasteiger charge is -2.03. The van der Waals surface area contributed by atoms with Gasteiger partial charge < -0.3 is 5.73 Å². The number of nitrogens with two attached hydrogens (primary N) is 1. The van der Waals surface area contributed by atoms with Gasteiger partial charge in [-0.15, -0.1) is 0 Å². The highest BCUT2D eigenvalue weighted by molar-refractivity contribution is 5.73. The molecule has 2 rings (SSSR count). The molecule has 2 N–H and O–H groups in total. The molecule has 4 nitrogen and oxygen atoms in total. The third-order valence-electron chi connectivity index (χ3n) is 2.85. The Hall–Kier alpha value is -2.10. The lowest BCUT2D eigenvalue weighted by Crippen LogP contribution is -2.19. The number of rotatable bonds is 3. The topological polar surface area (TPSA) is 60.9 Å². The Labute approximate surface area is 106 Å². The van der Waals surface area contributed by atoms with Crippen molar-refractivity contribution < 1.29 is 4.79 Å². The van der Waals surface area contributed by atoms with Gasteiger partial charge in [-0.1, -0.05) is 29.3 Å². The van der Waals surface area contributed by atoms with Crippen LogP contribution in [0.15, 0.2) is 30.6 Å². The van der Waals surface area contributed by atoms with E-state index in [-0.39, 0.29) is 0 Å². The first-order valence-electron chi connectivity index (χ1n) is 5.95. The summed E-state index contributed by atoms with van der Waals surface area (Å²) in [5.74, 6) is 0. The predicted octanol–water partition coefficient (Wildman–Crippen LogP) is 2.21. The molecule has 0 radical (unpaired) electrons. The Morgan fingerprint density at radius 3 is 2.33 bits per heavy atom. The summed E-state index contributed by atoms with van der Waals surface area (Å²) in [7, 11) is 0. The largest absolute Gasteiger partial charge is 0.350 e. The van der Waals surface area contributed by atoms with Crippen molar-refractivity contribution in [3.63, 3.8) is 0 Å². The maximum absolute atomic E-state index is 10.9. The maximum atomic E-state index is 10.9. The van der Waals surface area contributed by atoms with E-state index in [1.165, 1.54) is 16.7 Å². The zero-order valence-corrected chi connectivity index (χ0v) is 10.7. The fourth-order valence-electron chi connectivity index (χ4n) is 2.11. The van der Waals surface area contributed by atoms with Crippen LogP contribution in [0.1, 0.15) is 22.3 Å². The molecule has 0 aliphatic carbocycles. The van der Waals surface area contributed by atoms with Gasteiger partial charge in [-0.2, -0.15) is 9.78 Å². The monoisotopic (exact) mass is 243 g/mol. The fraction of sp³-hybridized carbons (Fsp3) is 0.286. The van der Waals surface area contributed by atoms with Crippen molar-refractivity contribution in [1.29, 1.82) is 0 Å². The normalized spacial score (nSPS) is 10.6. The summed E-state index contributed by atoms with van der Waals surface area (Å²) in [4.78, 5) is 10.9. The standard InChI is InChI=1S/C14H17N3O/c1-10-5-11(2)7-12(6-10)3-4-13-8-16-17(9-13)14(15)18/h5-9H,3-4H2,1-2H3,(H2,15,18). The molecule has 4 heteroatoms. The Morgan fingerprint density at radius 1 is 1.17 bits per heavy atom. The second-order valence-electron chi connectivity index (χ2n) is 4.63. The van der Waals surface area contributed by atoms with Crippen LogP contribution in [0.5, 0.6) is 0 Å². The molecule has 0 fully saturated rings. The first-order chi connectivity index (χ1) is 8.54. The molecule has 94 valence electrons. The number of carbonyl (C=O) groups is 1. The zero-order chi connectivity index (χ0) is 13.1. The molecule has 2 aromatic rings.